The first-order valence-corrected chi connectivity index (χ1v) is 4.76. The minimum Gasteiger partial charge on any atom is -0.506 e. The second-order valence-electron chi connectivity index (χ2n) is 3.13. The van der Waals surface area contributed by atoms with E-state index < -0.39 is 11.6 Å². The number of hydrogen-bond acceptors (Lipinski definition) is 2. The molecule has 1 aromatic carbocycles. The van der Waals surface area contributed by atoms with Gasteiger partial charge in [0.25, 0.3) is 0 Å². The van der Waals surface area contributed by atoms with Crippen molar-refractivity contribution in [2.45, 2.75) is 0 Å². The van der Waals surface area contributed by atoms with Crippen molar-refractivity contribution in [2.24, 2.45) is 0 Å². The smallest absolute Gasteiger partial charge is 0.159 e. The van der Waals surface area contributed by atoms with Crippen LogP contribution in [-0.4, -0.2) is 10.1 Å². The number of aromatic nitrogens is 1. The van der Waals surface area contributed by atoms with Crippen molar-refractivity contribution in [3.05, 3.63) is 47.1 Å². The van der Waals surface area contributed by atoms with Crippen LogP contribution in [0.2, 0.25) is 5.15 Å². The standard InChI is InChI=1S/C11H6ClF2NO/c12-10-4-3-9(16)11(15-10)6-1-2-7(13)8(14)5-6/h1-5,16H. The van der Waals surface area contributed by atoms with Crippen LogP contribution in [0, 0.1) is 11.6 Å². The molecule has 1 N–H and O–H groups in total. The van der Waals surface area contributed by atoms with E-state index >= 15 is 0 Å². The number of halogens is 3. The average Bonchev–Trinajstić information content (AvgIpc) is 2.26. The fourth-order valence-electron chi connectivity index (χ4n) is 1.28. The second kappa shape index (κ2) is 4.06. The molecular weight excluding hydrogens is 236 g/mol. The Balaban J connectivity index is 2.58. The van der Waals surface area contributed by atoms with E-state index in [4.69, 9.17) is 11.6 Å². The number of aromatic hydroxyl groups is 1. The third-order valence-electron chi connectivity index (χ3n) is 2.03. The van der Waals surface area contributed by atoms with E-state index in [9.17, 15) is 13.9 Å². The molecule has 0 amide bonds. The summed E-state index contributed by atoms with van der Waals surface area (Å²) in [6.07, 6.45) is 0. The highest BCUT2D eigenvalue weighted by molar-refractivity contribution is 6.29. The molecule has 5 heteroatoms. The van der Waals surface area contributed by atoms with E-state index in [0.29, 0.717) is 0 Å². The zero-order chi connectivity index (χ0) is 11.7. The molecule has 2 aromatic rings. The molecule has 82 valence electrons. The molecule has 1 heterocycles. The highest BCUT2D eigenvalue weighted by atomic mass is 35.5. The summed E-state index contributed by atoms with van der Waals surface area (Å²) in [5.74, 6) is -2.10. The fourth-order valence-corrected chi connectivity index (χ4v) is 1.43. The van der Waals surface area contributed by atoms with Gasteiger partial charge in [0.1, 0.15) is 16.6 Å². The minimum atomic E-state index is -1.00. The van der Waals surface area contributed by atoms with Gasteiger partial charge in [-0.2, -0.15) is 0 Å². The number of rotatable bonds is 1. The molecule has 16 heavy (non-hydrogen) atoms. The molecule has 0 aliphatic rings. The number of benzene rings is 1. The Hall–Kier alpha value is -1.68. The maximum absolute atomic E-state index is 13.0. The lowest BCUT2D eigenvalue weighted by atomic mass is 10.1. The Labute approximate surface area is 95.1 Å². The molecule has 0 saturated carbocycles. The van der Waals surface area contributed by atoms with E-state index in [-0.39, 0.29) is 22.2 Å². The van der Waals surface area contributed by atoms with Crippen molar-refractivity contribution in [1.82, 2.24) is 4.98 Å². The summed E-state index contributed by atoms with van der Waals surface area (Å²) in [5.41, 5.74) is 0.380. The topological polar surface area (TPSA) is 33.1 Å². The van der Waals surface area contributed by atoms with Crippen molar-refractivity contribution in [1.29, 1.82) is 0 Å². The van der Waals surface area contributed by atoms with Crippen LogP contribution in [0.4, 0.5) is 8.78 Å². The molecule has 2 nitrogen and oxygen atoms in total. The zero-order valence-corrected chi connectivity index (χ0v) is 8.67. The summed E-state index contributed by atoms with van der Waals surface area (Å²) in [7, 11) is 0. The second-order valence-corrected chi connectivity index (χ2v) is 3.52. The molecule has 0 spiro atoms. The third-order valence-corrected chi connectivity index (χ3v) is 2.24. The highest BCUT2D eigenvalue weighted by Crippen LogP contribution is 2.29. The van der Waals surface area contributed by atoms with Gasteiger partial charge in [0.2, 0.25) is 0 Å². The first kappa shape index (κ1) is 10.8. The molecule has 0 saturated heterocycles. The minimum absolute atomic E-state index is 0.117. The summed E-state index contributed by atoms with van der Waals surface area (Å²) in [5, 5.41) is 9.68. The summed E-state index contributed by atoms with van der Waals surface area (Å²) in [4.78, 5) is 3.84. The summed E-state index contributed by atoms with van der Waals surface area (Å²) in [6.45, 7) is 0. The van der Waals surface area contributed by atoms with Crippen LogP contribution < -0.4 is 0 Å². The van der Waals surface area contributed by atoms with Crippen molar-refractivity contribution in [2.75, 3.05) is 0 Å². The van der Waals surface area contributed by atoms with Gasteiger partial charge in [-0.25, -0.2) is 13.8 Å². The van der Waals surface area contributed by atoms with Crippen LogP contribution in [0.5, 0.6) is 5.75 Å². The van der Waals surface area contributed by atoms with Crippen molar-refractivity contribution >= 4 is 11.6 Å². The van der Waals surface area contributed by atoms with Crippen LogP contribution in [-0.2, 0) is 0 Å². The van der Waals surface area contributed by atoms with Gasteiger partial charge in [-0.15, -0.1) is 0 Å². The van der Waals surface area contributed by atoms with E-state index in [2.05, 4.69) is 4.98 Å². The molecule has 0 aliphatic carbocycles. The van der Waals surface area contributed by atoms with Gasteiger partial charge >= 0.3 is 0 Å². The van der Waals surface area contributed by atoms with Gasteiger partial charge in [-0.3, -0.25) is 0 Å². The van der Waals surface area contributed by atoms with Gasteiger partial charge in [0.15, 0.2) is 11.6 Å². The first-order valence-electron chi connectivity index (χ1n) is 4.39. The Morgan fingerprint density at radius 3 is 2.50 bits per heavy atom. The number of nitrogens with zero attached hydrogens (tertiary/aromatic N) is 1. The van der Waals surface area contributed by atoms with Gasteiger partial charge in [0.05, 0.1) is 0 Å². The van der Waals surface area contributed by atoms with E-state index in [0.717, 1.165) is 12.1 Å². The molecular formula is C11H6ClF2NO. The van der Waals surface area contributed by atoms with Crippen LogP contribution in [0.25, 0.3) is 11.3 Å². The number of hydrogen-bond donors (Lipinski definition) is 1. The quantitative estimate of drug-likeness (QED) is 0.777. The Bertz CT molecular complexity index is 546. The Kier molecular flexibility index (Phi) is 2.75. The fraction of sp³-hybridized carbons (Fsp3) is 0. The third kappa shape index (κ3) is 1.97. The molecule has 2 rings (SSSR count). The van der Waals surface area contributed by atoms with E-state index in [1.165, 1.54) is 18.2 Å². The van der Waals surface area contributed by atoms with E-state index in [1.807, 2.05) is 0 Å². The van der Waals surface area contributed by atoms with Crippen molar-refractivity contribution in [3.8, 4) is 17.0 Å². The van der Waals surface area contributed by atoms with Crippen LogP contribution >= 0.6 is 11.6 Å². The molecule has 0 fully saturated rings. The highest BCUT2D eigenvalue weighted by Gasteiger charge is 2.10. The van der Waals surface area contributed by atoms with Gasteiger partial charge < -0.3 is 5.11 Å². The molecule has 0 unspecified atom stereocenters. The van der Waals surface area contributed by atoms with Crippen LogP contribution in [0.1, 0.15) is 0 Å². The van der Waals surface area contributed by atoms with Gasteiger partial charge in [-0.05, 0) is 30.3 Å². The van der Waals surface area contributed by atoms with Gasteiger partial charge in [0, 0.05) is 5.56 Å². The van der Waals surface area contributed by atoms with Crippen LogP contribution in [0.3, 0.4) is 0 Å². The molecule has 0 bridgehead atoms. The molecule has 0 radical (unpaired) electrons. The predicted molar refractivity (Wildman–Crippen MR) is 56.3 cm³/mol. The first-order chi connectivity index (χ1) is 7.58. The van der Waals surface area contributed by atoms with Crippen LogP contribution in [0.15, 0.2) is 30.3 Å². The summed E-state index contributed by atoms with van der Waals surface area (Å²) < 4.78 is 25.7. The molecule has 1 aromatic heterocycles. The van der Waals surface area contributed by atoms with Gasteiger partial charge in [-0.1, -0.05) is 11.6 Å². The maximum Gasteiger partial charge on any atom is 0.159 e. The summed E-state index contributed by atoms with van der Waals surface area (Å²) >= 11 is 5.65. The normalized spacial score (nSPS) is 10.4. The maximum atomic E-state index is 13.0. The van der Waals surface area contributed by atoms with Crippen molar-refractivity contribution < 1.29 is 13.9 Å². The number of pyridine rings is 1. The summed E-state index contributed by atoms with van der Waals surface area (Å²) in [6, 6.07) is 5.98. The lowest BCUT2D eigenvalue weighted by molar-refractivity contribution is 0.474. The lowest BCUT2D eigenvalue weighted by Gasteiger charge is -2.04. The van der Waals surface area contributed by atoms with Crippen molar-refractivity contribution in [3.63, 3.8) is 0 Å². The zero-order valence-electron chi connectivity index (χ0n) is 7.92. The predicted octanol–water partition coefficient (Wildman–Crippen LogP) is 3.39. The average molecular weight is 242 g/mol. The monoisotopic (exact) mass is 241 g/mol. The Morgan fingerprint density at radius 1 is 1.06 bits per heavy atom. The molecule has 0 atom stereocenters. The lowest BCUT2D eigenvalue weighted by Crippen LogP contribution is -1.89. The van der Waals surface area contributed by atoms with E-state index in [1.54, 1.807) is 0 Å². The SMILES string of the molecule is Oc1ccc(Cl)nc1-c1ccc(F)c(F)c1. The largest absolute Gasteiger partial charge is 0.506 e. The molecule has 0 aliphatic heterocycles. The Morgan fingerprint density at radius 2 is 1.81 bits per heavy atom.